The van der Waals surface area contributed by atoms with E-state index < -0.39 is 10.0 Å². The van der Waals surface area contributed by atoms with Crippen LogP contribution in [-0.4, -0.2) is 41.5 Å². The molecule has 0 radical (unpaired) electrons. The largest absolute Gasteiger partial charge is 0.307 e. The van der Waals surface area contributed by atoms with E-state index in [1.54, 1.807) is 17.8 Å². The summed E-state index contributed by atoms with van der Waals surface area (Å²) in [5.74, 6) is 0.846. The molecule has 7 nitrogen and oxygen atoms in total. The van der Waals surface area contributed by atoms with Crippen LogP contribution in [0.4, 0.5) is 5.82 Å². The van der Waals surface area contributed by atoms with Crippen molar-refractivity contribution in [2.45, 2.75) is 31.6 Å². The average molecular weight is 376 g/mol. The molecule has 0 unspecified atom stereocenters. The molecular weight excluding hydrogens is 352 g/mol. The first-order valence-electron chi connectivity index (χ1n) is 8.69. The van der Waals surface area contributed by atoms with E-state index in [2.05, 4.69) is 17.3 Å². The number of aromatic nitrogens is 2. The molecule has 26 heavy (non-hydrogen) atoms. The standard InChI is InChI=1S/C18H24N4O3S/c1-13-8-10-22(11-9-13)26(24,25)16-6-4-15(5-7-16)18(23)19-17-12-14(2)20-21(17)3/h4-7,12-13H,8-11H2,1-3H3,(H,19,23). The molecule has 2 heterocycles. The number of anilines is 1. The Hall–Kier alpha value is -2.19. The van der Waals surface area contributed by atoms with Gasteiger partial charge in [0.2, 0.25) is 10.0 Å². The van der Waals surface area contributed by atoms with Gasteiger partial charge in [0.05, 0.1) is 10.6 Å². The van der Waals surface area contributed by atoms with Gasteiger partial charge in [0, 0.05) is 31.8 Å². The van der Waals surface area contributed by atoms with Gasteiger partial charge in [0.25, 0.3) is 5.91 Å². The summed E-state index contributed by atoms with van der Waals surface area (Å²) >= 11 is 0. The van der Waals surface area contributed by atoms with E-state index in [0.717, 1.165) is 18.5 Å². The number of hydrogen-bond donors (Lipinski definition) is 1. The fourth-order valence-electron chi connectivity index (χ4n) is 3.07. The zero-order chi connectivity index (χ0) is 18.9. The number of aryl methyl sites for hydroxylation is 2. The topological polar surface area (TPSA) is 84.3 Å². The molecule has 8 heteroatoms. The van der Waals surface area contributed by atoms with Gasteiger partial charge in [-0.25, -0.2) is 8.42 Å². The number of sulfonamides is 1. The lowest BCUT2D eigenvalue weighted by atomic mass is 10.0. The van der Waals surface area contributed by atoms with Crippen molar-refractivity contribution in [2.24, 2.45) is 13.0 Å². The molecule has 1 aliphatic rings. The van der Waals surface area contributed by atoms with Gasteiger partial charge >= 0.3 is 0 Å². The van der Waals surface area contributed by atoms with Gasteiger partial charge < -0.3 is 5.32 Å². The summed E-state index contributed by atoms with van der Waals surface area (Å²) < 4.78 is 28.6. The van der Waals surface area contributed by atoms with E-state index in [-0.39, 0.29) is 10.8 Å². The highest BCUT2D eigenvalue weighted by atomic mass is 32.2. The molecule has 0 atom stereocenters. The summed E-state index contributed by atoms with van der Waals surface area (Å²) in [7, 11) is -1.75. The van der Waals surface area contributed by atoms with E-state index in [0.29, 0.717) is 30.4 Å². The zero-order valence-corrected chi connectivity index (χ0v) is 16.1. The minimum atomic E-state index is -3.50. The highest BCUT2D eigenvalue weighted by Gasteiger charge is 2.28. The van der Waals surface area contributed by atoms with Gasteiger partial charge in [-0.15, -0.1) is 0 Å². The molecule has 3 rings (SSSR count). The summed E-state index contributed by atoms with van der Waals surface area (Å²) in [4.78, 5) is 12.6. The van der Waals surface area contributed by atoms with E-state index in [1.807, 2.05) is 6.92 Å². The highest BCUT2D eigenvalue weighted by Crippen LogP contribution is 2.23. The summed E-state index contributed by atoms with van der Waals surface area (Å²) in [5, 5.41) is 6.95. The van der Waals surface area contributed by atoms with Crippen LogP contribution in [0.15, 0.2) is 35.2 Å². The second kappa shape index (κ2) is 7.20. The van der Waals surface area contributed by atoms with Gasteiger partial charge in [0.15, 0.2) is 0 Å². The minimum absolute atomic E-state index is 0.222. The van der Waals surface area contributed by atoms with Crippen LogP contribution in [0.1, 0.15) is 35.8 Å². The van der Waals surface area contributed by atoms with Crippen molar-refractivity contribution in [1.29, 1.82) is 0 Å². The van der Waals surface area contributed by atoms with Crippen LogP contribution < -0.4 is 5.32 Å². The number of amides is 1. The number of carbonyl (C=O) groups excluding carboxylic acids is 1. The number of rotatable bonds is 4. The third-order valence-corrected chi connectivity index (χ3v) is 6.65. The molecular formula is C18H24N4O3S. The van der Waals surface area contributed by atoms with Gasteiger partial charge in [-0.1, -0.05) is 6.92 Å². The van der Waals surface area contributed by atoms with Crippen molar-refractivity contribution in [3.63, 3.8) is 0 Å². The Morgan fingerprint density at radius 1 is 1.19 bits per heavy atom. The van der Waals surface area contributed by atoms with E-state index in [4.69, 9.17) is 0 Å². The number of nitrogens with one attached hydrogen (secondary N) is 1. The maximum Gasteiger partial charge on any atom is 0.256 e. The lowest BCUT2D eigenvalue weighted by Gasteiger charge is -2.29. The molecule has 1 N–H and O–H groups in total. The van der Waals surface area contributed by atoms with E-state index in [9.17, 15) is 13.2 Å². The van der Waals surface area contributed by atoms with Crippen molar-refractivity contribution < 1.29 is 13.2 Å². The van der Waals surface area contributed by atoms with Crippen LogP contribution in [0.3, 0.4) is 0 Å². The quantitative estimate of drug-likeness (QED) is 0.888. The first-order chi connectivity index (χ1) is 12.3. The lowest BCUT2D eigenvalue weighted by molar-refractivity contribution is 0.102. The molecule has 0 bridgehead atoms. The van der Waals surface area contributed by atoms with Gasteiger partial charge in [-0.05, 0) is 49.9 Å². The molecule has 0 saturated carbocycles. The zero-order valence-electron chi connectivity index (χ0n) is 15.3. The van der Waals surface area contributed by atoms with Crippen molar-refractivity contribution in [2.75, 3.05) is 18.4 Å². The SMILES string of the molecule is Cc1cc(NC(=O)c2ccc(S(=O)(=O)N3CCC(C)CC3)cc2)n(C)n1. The Morgan fingerprint density at radius 3 is 2.35 bits per heavy atom. The Balaban J connectivity index is 1.73. The Kier molecular flexibility index (Phi) is 5.15. The second-order valence-corrected chi connectivity index (χ2v) is 8.80. The summed E-state index contributed by atoms with van der Waals surface area (Å²) in [6.07, 6.45) is 1.76. The molecule has 140 valence electrons. The lowest BCUT2D eigenvalue weighted by Crippen LogP contribution is -2.37. The molecule has 1 saturated heterocycles. The Morgan fingerprint density at radius 2 is 1.81 bits per heavy atom. The van der Waals surface area contributed by atoms with Crippen LogP contribution in [0.25, 0.3) is 0 Å². The average Bonchev–Trinajstić information content (AvgIpc) is 2.92. The molecule has 1 aromatic carbocycles. The highest BCUT2D eigenvalue weighted by molar-refractivity contribution is 7.89. The first kappa shape index (κ1) is 18.6. The van der Waals surface area contributed by atoms with Gasteiger partial charge in [-0.2, -0.15) is 9.40 Å². The Bertz CT molecular complexity index is 895. The summed E-state index contributed by atoms with van der Waals surface area (Å²) in [5.41, 5.74) is 1.20. The van der Waals surface area contributed by atoms with Crippen LogP contribution >= 0.6 is 0 Å². The number of carbonyl (C=O) groups is 1. The summed E-state index contributed by atoms with van der Waals surface area (Å²) in [6, 6.07) is 7.84. The minimum Gasteiger partial charge on any atom is -0.307 e. The number of piperidine rings is 1. The number of hydrogen-bond acceptors (Lipinski definition) is 4. The van der Waals surface area contributed by atoms with Crippen molar-refractivity contribution in [1.82, 2.24) is 14.1 Å². The molecule has 1 amide bonds. The fourth-order valence-corrected chi connectivity index (χ4v) is 4.54. The second-order valence-electron chi connectivity index (χ2n) is 6.86. The number of nitrogens with zero attached hydrogens (tertiary/aromatic N) is 3. The van der Waals surface area contributed by atoms with Crippen LogP contribution in [0.2, 0.25) is 0 Å². The predicted molar refractivity (Wildman–Crippen MR) is 99.5 cm³/mol. The van der Waals surface area contributed by atoms with Crippen molar-refractivity contribution >= 4 is 21.7 Å². The molecule has 0 aliphatic carbocycles. The van der Waals surface area contributed by atoms with E-state index in [1.165, 1.54) is 28.6 Å². The van der Waals surface area contributed by atoms with E-state index >= 15 is 0 Å². The summed E-state index contributed by atoms with van der Waals surface area (Å²) in [6.45, 7) is 5.08. The maximum absolute atomic E-state index is 12.7. The van der Waals surface area contributed by atoms with Crippen molar-refractivity contribution in [3.05, 3.63) is 41.6 Å². The Labute approximate surface area is 154 Å². The van der Waals surface area contributed by atoms with Gasteiger partial charge in [0.1, 0.15) is 5.82 Å². The van der Waals surface area contributed by atoms with Crippen molar-refractivity contribution in [3.8, 4) is 0 Å². The molecule has 0 spiro atoms. The third-order valence-electron chi connectivity index (χ3n) is 4.74. The predicted octanol–water partition coefficient (Wildman–Crippen LogP) is 2.40. The van der Waals surface area contributed by atoms with Gasteiger partial charge in [-0.3, -0.25) is 9.48 Å². The number of benzene rings is 1. The maximum atomic E-state index is 12.7. The van der Waals surface area contributed by atoms with Crippen LogP contribution in [0.5, 0.6) is 0 Å². The third kappa shape index (κ3) is 3.81. The van der Waals surface area contributed by atoms with Crippen LogP contribution in [0, 0.1) is 12.8 Å². The molecule has 1 aromatic heterocycles. The normalized spacial score (nSPS) is 16.6. The molecule has 1 aliphatic heterocycles. The molecule has 2 aromatic rings. The van der Waals surface area contributed by atoms with Crippen LogP contribution in [-0.2, 0) is 17.1 Å². The molecule has 1 fully saturated rings. The smallest absolute Gasteiger partial charge is 0.256 e. The monoisotopic (exact) mass is 376 g/mol. The fraction of sp³-hybridized carbons (Fsp3) is 0.444. The first-order valence-corrected chi connectivity index (χ1v) is 10.1.